The van der Waals surface area contributed by atoms with Gasteiger partial charge in [-0.05, 0) is 74.6 Å². The molecule has 1 unspecified atom stereocenters. The van der Waals surface area contributed by atoms with Gasteiger partial charge in [0.2, 0.25) is 0 Å². The number of rotatable bonds is 8. The smallest absolute Gasteiger partial charge is 0.172 e. The van der Waals surface area contributed by atoms with Crippen molar-refractivity contribution in [3.8, 4) is 17.6 Å². The van der Waals surface area contributed by atoms with E-state index in [1.807, 2.05) is 13.8 Å². The van der Waals surface area contributed by atoms with Crippen LogP contribution in [0, 0.1) is 22.7 Å². The molecule has 2 aliphatic rings. The van der Waals surface area contributed by atoms with Crippen LogP contribution in [0.1, 0.15) is 43.4 Å². The summed E-state index contributed by atoms with van der Waals surface area (Å²) in [5.74, 6) is 1.66. The van der Waals surface area contributed by atoms with Crippen LogP contribution in [0.5, 0.6) is 11.5 Å². The molecule has 1 saturated carbocycles. The van der Waals surface area contributed by atoms with E-state index < -0.39 is 6.23 Å². The number of nitrogen functional groups attached to an aromatic ring is 1. The maximum Gasteiger partial charge on any atom is 0.172 e. The first-order chi connectivity index (χ1) is 15.9. The minimum atomic E-state index is -0.686. The third kappa shape index (κ3) is 5.16. The summed E-state index contributed by atoms with van der Waals surface area (Å²) >= 11 is 0. The molecule has 8 heteroatoms. The largest absolute Gasteiger partial charge is 0.493 e. The van der Waals surface area contributed by atoms with Gasteiger partial charge in [0, 0.05) is 28.6 Å². The van der Waals surface area contributed by atoms with Crippen molar-refractivity contribution in [1.82, 2.24) is 5.43 Å². The number of anilines is 1. The van der Waals surface area contributed by atoms with Crippen LogP contribution >= 0.6 is 0 Å². The summed E-state index contributed by atoms with van der Waals surface area (Å²) in [4.78, 5) is 0. The minimum absolute atomic E-state index is 0.0562. The van der Waals surface area contributed by atoms with Gasteiger partial charge in [-0.1, -0.05) is 0 Å². The summed E-state index contributed by atoms with van der Waals surface area (Å²) < 4.78 is 11.9. The molecule has 0 aromatic heterocycles. The topological polar surface area (TPSA) is 143 Å². The van der Waals surface area contributed by atoms with Gasteiger partial charge < -0.3 is 20.6 Å². The molecule has 0 saturated heterocycles. The second kappa shape index (κ2) is 9.35. The predicted octanol–water partition coefficient (Wildman–Crippen LogP) is 3.30. The molecule has 8 nitrogen and oxygen atoms in total. The monoisotopic (exact) mass is 444 g/mol. The summed E-state index contributed by atoms with van der Waals surface area (Å²) in [6.45, 7) is 4.53. The highest BCUT2D eigenvalue weighted by Crippen LogP contribution is 2.31. The summed E-state index contributed by atoms with van der Waals surface area (Å²) in [5.41, 5.74) is 19.4. The van der Waals surface area contributed by atoms with E-state index in [0.717, 1.165) is 11.1 Å². The molecule has 2 aromatic carbocycles. The molecule has 1 fully saturated rings. The standard InChI is InChI=1S/C25H28N6O2/c1-14-12-30-31-15(2)23(14)25(29)33-19-5-6-22(27)21(10-19)24(28)18-7-17(11-26)8-20(9-18)32-13-16-3-4-16/h5-10,12,15-16,25,28,31H,3-4,13,27,29H2,1-2H3/t15?,25-/m0/s1. The fourth-order valence-corrected chi connectivity index (χ4v) is 3.78. The fraction of sp³-hybridized carbons (Fsp3) is 0.320. The second-order valence-corrected chi connectivity index (χ2v) is 8.52. The van der Waals surface area contributed by atoms with Crippen LogP contribution in [-0.2, 0) is 0 Å². The van der Waals surface area contributed by atoms with Crippen molar-refractivity contribution in [2.45, 2.75) is 39.0 Å². The third-order valence-corrected chi connectivity index (χ3v) is 5.82. The van der Waals surface area contributed by atoms with Crippen LogP contribution in [0.2, 0.25) is 0 Å². The average Bonchev–Trinajstić information content (AvgIpc) is 3.63. The lowest BCUT2D eigenvalue weighted by Crippen LogP contribution is -2.41. The van der Waals surface area contributed by atoms with Gasteiger partial charge in [-0.15, -0.1) is 0 Å². The molecule has 6 N–H and O–H groups in total. The first kappa shape index (κ1) is 22.4. The van der Waals surface area contributed by atoms with Gasteiger partial charge in [-0.2, -0.15) is 10.4 Å². The minimum Gasteiger partial charge on any atom is -0.493 e. The Morgan fingerprint density at radius 2 is 2.06 bits per heavy atom. The van der Waals surface area contributed by atoms with Crippen molar-refractivity contribution >= 4 is 17.6 Å². The Balaban J connectivity index is 1.58. The first-order valence-corrected chi connectivity index (χ1v) is 10.9. The number of hydrogen-bond donors (Lipinski definition) is 4. The van der Waals surface area contributed by atoms with E-state index in [1.54, 1.807) is 42.6 Å². The lowest BCUT2D eigenvalue weighted by atomic mass is 9.98. The highest BCUT2D eigenvalue weighted by Gasteiger charge is 2.24. The Morgan fingerprint density at radius 1 is 1.27 bits per heavy atom. The number of nitriles is 1. The van der Waals surface area contributed by atoms with Crippen LogP contribution in [0.4, 0.5) is 5.69 Å². The van der Waals surface area contributed by atoms with Crippen molar-refractivity contribution in [3.05, 3.63) is 64.2 Å². The molecular weight excluding hydrogens is 416 g/mol. The number of hydrogen-bond acceptors (Lipinski definition) is 8. The van der Waals surface area contributed by atoms with E-state index in [1.165, 1.54) is 12.8 Å². The van der Waals surface area contributed by atoms with E-state index >= 15 is 0 Å². The van der Waals surface area contributed by atoms with E-state index in [9.17, 15) is 5.26 Å². The average molecular weight is 445 g/mol. The molecule has 0 spiro atoms. The zero-order valence-electron chi connectivity index (χ0n) is 18.8. The molecule has 0 bridgehead atoms. The molecule has 1 aliphatic carbocycles. The van der Waals surface area contributed by atoms with Gasteiger partial charge >= 0.3 is 0 Å². The van der Waals surface area contributed by atoms with E-state index in [4.69, 9.17) is 26.4 Å². The number of nitrogens with two attached hydrogens (primary N) is 2. The molecule has 0 radical (unpaired) electrons. The van der Waals surface area contributed by atoms with Crippen LogP contribution < -0.4 is 26.4 Å². The molecule has 2 atom stereocenters. The van der Waals surface area contributed by atoms with Gasteiger partial charge in [0.25, 0.3) is 0 Å². The SMILES string of the molecule is CC1=C([C@@H](N)Oc2ccc(N)c(C(=N)c3cc(C#N)cc(OCC4CC4)c3)c2)C(C)NN=C1. The number of nitrogens with zero attached hydrogens (tertiary/aromatic N) is 2. The number of ether oxygens (including phenoxy) is 2. The Labute approximate surface area is 193 Å². The summed E-state index contributed by atoms with van der Waals surface area (Å²) in [6.07, 6.45) is 3.37. The van der Waals surface area contributed by atoms with Crippen LogP contribution in [0.25, 0.3) is 0 Å². The van der Waals surface area contributed by atoms with Crippen molar-refractivity contribution < 1.29 is 9.47 Å². The van der Waals surface area contributed by atoms with Crippen LogP contribution in [0.3, 0.4) is 0 Å². The van der Waals surface area contributed by atoms with Crippen molar-refractivity contribution in [3.63, 3.8) is 0 Å². The van der Waals surface area contributed by atoms with E-state index in [-0.39, 0.29) is 11.8 Å². The quantitative estimate of drug-likeness (QED) is 0.279. The zero-order valence-corrected chi connectivity index (χ0v) is 18.8. The molecule has 1 aliphatic heterocycles. The zero-order chi connectivity index (χ0) is 23.5. The summed E-state index contributed by atoms with van der Waals surface area (Å²) in [7, 11) is 0. The van der Waals surface area contributed by atoms with Crippen molar-refractivity contribution in [1.29, 1.82) is 10.7 Å². The number of hydrazone groups is 1. The molecule has 1 heterocycles. The molecule has 2 aromatic rings. The van der Waals surface area contributed by atoms with Gasteiger partial charge in [-0.25, -0.2) is 0 Å². The van der Waals surface area contributed by atoms with Crippen LogP contribution in [-0.4, -0.2) is 30.8 Å². The Morgan fingerprint density at radius 3 is 2.76 bits per heavy atom. The second-order valence-electron chi connectivity index (χ2n) is 8.52. The maximum atomic E-state index is 9.44. The highest BCUT2D eigenvalue weighted by atomic mass is 16.5. The lowest BCUT2D eigenvalue weighted by molar-refractivity contribution is 0.233. The van der Waals surface area contributed by atoms with Crippen molar-refractivity contribution in [2.24, 2.45) is 16.8 Å². The molecule has 0 amide bonds. The van der Waals surface area contributed by atoms with E-state index in [2.05, 4.69) is 16.6 Å². The van der Waals surface area contributed by atoms with Gasteiger partial charge in [0.05, 0.1) is 30.0 Å². The lowest BCUT2D eigenvalue weighted by Gasteiger charge is -2.27. The predicted molar refractivity (Wildman–Crippen MR) is 129 cm³/mol. The van der Waals surface area contributed by atoms with Crippen LogP contribution in [0.15, 0.2) is 52.6 Å². The Bertz CT molecular complexity index is 1180. The normalized spacial score (nSPS) is 18.3. The molecular formula is C25H28N6O2. The number of nitrogens with one attached hydrogen (secondary N) is 2. The first-order valence-electron chi connectivity index (χ1n) is 10.9. The Kier molecular flexibility index (Phi) is 6.33. The van der Waals surface area contributed by atoms with E-state index in [0.29, 0.717) is 46.4 Å². The maximum absolute atomic E-state index is 9.44. The van der Waals surface area contributed by atoms with Gasteiger partial charge in [0.1, 0.15) is 11.5 Å². The molecule has 4 rings (SSSR count). The molecule has 170 valence electrons. The number of allylic oxidation sites excluding steroid dienone is 1. The fourth-order valence-electron chi connectivity index (χ4n) is 3.78. The third-order valence-electron chi connectivity index (χ3n) is 5.82. The Hall–Kier alpha value is -3.83. The van der Waals surface area contributed by atoms with Crippen molar-refractivity contribution in [2.75, 3.05) is 12.3 Å². The van der Waals surface area contributed by atoms with Gasteiger partial charge in [0.15, 0.2) is 6.23 Å². The summed E-state index contributed by atoms with van der Waals surface area (Å²) in [5, 5.41) is 22.3. The van der Waals surface area contributed by atoms with Gasteiger partial charge in [-0.3, -0.25) is 11.1 Å². The number of benzene rings is 2. The molecule has 33 heavy (non-hydrogen) atoms. The highest BCUT2D eigenvalue weighted by molar-refractivity contribution is 6.14. The summed E-state index contributed by atoms with van der Waals surface area (Å²) in [6, 6.07) is 12.3.